The Kier molecular flexibility index (Phi) is 15.9. The second kappa shape index (κ2) is 23.2. The van der Waals surface area contributed by atoms with Crippen LogP contribution in [-0.2, 0) is 49.6 Å². The number of rotatable bonds is 20. The Hall–Kier alpha value is -8.13. The van der Waals surface area contributed by atoms with Gasteiger partial charge in [-0.2, -0.15) is 4.98 Å². The molecule has 0 atom stereocenters. The maximum atomic E-state index is 15.1. The SMILES string of the molecule is O=C(Cc1ccc(F)cc1)C1(C(=O)Cc2ccc(Oc3ccnc4nc(Cl)cnc34)c(F)c2)CC1.O=C(Cc1ccc(F)cc1)C1(C(=O)Cc2ccc(Oc3ccnc4nc(OCCN5CCOCC5)cnc34)c(F)c2)CC1. The van der Waals surface area contributed by atoms with E-state index in [1.165, 1.54) is 91.5 Å². The summed E-state index contributed by atoms with van der Waals surface area (Å²) in [6.45, 7) is 4.34. The third-order valence-electron chi connectivity index (χ3n) is 13.9. The Labute approximate surface area is 449 Å². The number of aromatic nitrogens is 6. The number of pyridine rings is 2. The Morgan fingerprint density at radius 1 is 0.538 bits per heavy atom. The summed E-state index contributed by atoms with van der Waals surface area (Å²) < 4.78 is 78.9. The molecule has 0 bridgehead atoms. The van der Waals surface area contributed by atoms with Crippen LogP contribution in [-0.4, -0.2) is 97.4 Å². The van der Waals surface area contributed by atoms with E-state index in [-0.39, 0.29) is 94.2 Å². The summed E-state index contributed by atoms with van der Waals surface area (Å²) >= 11 is 5.84. The Morgan fingerprint density at radius 2 is 0.974 bits per heavy atom. The van der Waals surface area contributed by atoms with Crippen molar-refractivity contribution in [3.8, 4) is 28.9 Å². The Morgan fingerprint density at radius 3 is 1.44 bits per heavy atom. The van der Waals surface area contributed by atoms with Crippen LogP contribution in [0.3, 0.4) is 0 Å². The summed E-state index contributed by atoms with van der Waals surface area (Å²) in [5, 5.41) is 0.173. The van der Waals surface area contributed by atoms with Crippen LogP contribution < -0.4 is 14.2 Å². The van der Waals surface area contributed by atoms with Gasteiger partial charge in [-0.05, 0) is 96.5 Å². The third-order valence-corrected chi connectivity index (χ3v) is 14.1. The summed E-state index contributed by atoms with van der Waals surface area (Å²) in [6.07, 6.45) is 7.58. The van der Waals surface area contributed by atoms with Gasteiger partial charge in [-0.25, -0.2) is 42.5 Å². The lowest BCUT2D eigenvalue weighted by atomic mass is 9.88. The van der Waals surface area contributed by atoms with E-state index in [0.29, 0.717) is 90.3 Å². The van der Waals surface area contributed by atoms with Gasteiger partial charge in [0.15, 0.2) is 80.1 Å². The van der Waals surface area contributed by atoms with Crippen molar-refractivity contribution in [3.63, 3.8) is 0 Å². The third kappa shape index (κ3) is 12.5. The summed E-state index contributed by atoms with van der Waals surface area (Å²) in [5.74, 6) is -2.23. The van der Waals surface area contributed by atoms with Gasteiger partial charge in [0.2, 0.25) is 5.88 Å². The summed E-state index contributed by atoms with van der Waals surface area (Å²) in [4.78, 5) is 79.4. The normalized spacial score (nSPS) is 15.2. The van der Waals surface area contributed by atoms with Crippen LogP contribution in [0.2, 0.25) is 5.15 Å². The van der Waals surface area contributed by atoms with Crippen molar-refractivity contribution in [2.24, 2.45) is 10.8 Å². The van der Waals surface area contributed by atoms with Gasteiger partial charge in [0, 0.05) is 69.8 Å². The molecule has 2 aliphatic carbocycles. The highest BCUT2D eigenvalue weighted by atomic mass is 35.5. The molecular weight excluding hydrogens is 1030 g/mol. The van der Waals surface area contributed by atoms with E-state index >= 15 is 4.39 Å². The van der Waals surface area contributed by atoms with E-state index < -0.39 is 22.5 Å². The Balaban J connectivity index is 0.000000180. The monoisotopic (exact) mass is 1080 g/mol. The number of Topliss-reactive ketones (excluding diaryl/α,β-unsaturated/α-hetero) is 4. The van der Waals surface area contributed by atoms with Crippen molar-refractivity contribution in [1.29, 1.82) is 0 Å². The molecule has 8 aromatic rings. The number of ketones is 4. The number of nitrogens with zero attached hydrogens (tertiary/aromatic N) is 7. The minimum Gasteiger partial charge on any atom is -0.475 e. The number of carbonyl (C=O) groups excluding carboxylic acids is 4. The topological polar surface area (TPSA) is 186 Å². The smallest absolute Gasteiger partial charge is 0.234 e. The van der Waals surface area contributed by atoms with Gasteiger partial charge in [-0.3, -0.25) is 24.1 Å². The fourth-order valence-electron chi connectivity index (χ4n) is 9.11. The zero-order chi connectivity index (χ0) is 54.4. The van der Waals surface area contributed by atoms with Crippen molar-refractivity contribution in [1.82, 2.24) is 34.8 Å². The van der Waals surface area contributed by atoms with Gasteiger partial charge < -0.3 is 18.9 Å². The number of morpholine rings is 1. The highest BCUT2D eigenvalue weighted by Crippen LogP contribution is 2.50. The zero-order valence-electron chi connectivity index (χ0n) is 41.7. The highest BCUT2D eigenvalue weighted by molar-refractivity contribution is 6.29. The standard InChI is InChI=1S/C32H30F2N4O5.C26H18ClF2N3O3/c33-23-4-1-21(2-5-23)18-27(39)32(8-9-32)28(40)19-22-3-6-25(24(34)17-22)43-26-7-10-35-31-30(26)36-20-29(37-31)42-16-13-38-11-14-41-15-12-38;27-23-14-31-24-20(7-10-30-25(24)32-23)35-19-6-3-16(11-18(19)29)13-22(34)26(8-9-26)21(33)12-15-1-4-17(28)5-2-15/h1-7,10,17,20H,8-9,11-16,18-19H2;1-7,10-11,14H,8-9,12-13H2. The van der Waals surface area contributed by atoms with E-state index in [4.69, 9.17) is 30.5 Å². The molecule has 15 nitrogen and oxygen atoms in total. The fourth-order valence-corrected chi connectivity index (χ4v) is 9.24. The van der Waals surface area contributed by atoms with Crippen molar-refractivity contribution in [3.05, 3.63) is 173 Å². The molecule has 1 saturated heterocycles. The predicted octanol–water partition coefficient (Wildman–Crippen LogP) is 9.96. The molecule has 0 radical (unpaired) electrons. The minimum atomic E-state index is -1.06. The molecular formula is C58H48ClF4N7O8. The summed E-state index contributed by atoms with van der Waals surface area (Å²) in [7, 11) is 0. The number of benzene rings is 4. The number of hydrogen-bond acceptors (Lipinski definition) is 15. The van der Waals surface area contributed by atoms with Crippen molar-refractivity contribution in [2.45, 2.75) is 51.4 Å². The fraction of sp³-hybridized carbons (Fsp3) is 0.276. The average molecular weight is 1080 g/mol. The molecule has 5 heterocycles. The van der Waals surface area contributed by atoms with Gasteiger partial charge >= 0.3 is 0 Å². The average Bonchev–Trinajstić information content (AvgIpc) is 4.52. The summed E-state index contributed by atoms with van der Waals surface area (Å²) in [5.41, 5.74) is 1.30. The van der Waals surface area contributed by atoms with Crippen molar-refractivity contribution >= 4 is 57.1 Å². The highest BCUT2D eigenvalue weighted by Gasteiger charge is 2.55. The maximum Gasteiger partial charge on any atom is 0.234 e. The molecule has 3 fully saturated rings. The number of ether oxygens (including phenoxy) is 4. The molecule has 4 aromatic heterocycles. The van der Waals surface area contributed by atoms with Crippen LogP contribution in [0.25, 0.3) is 22.3 Å². The van der Waals surface area contributed by atoms with Gasteiger partial charge in [0.05, 0.1) is 36.4 Å². The molecule has 0 spiro atoms. The van der Waals surface area contributed by atoms with Crippen LogP contribution in [0.15, 0.2) is 122 Å². The predicted molar refractivity (Wildman–Crippen MR) is 276 cm³/mol. The van der Waals surface area contributed by atoms with E-state index in [2.05, 4.69) is 34.8 Å². The first-order valence-electron chi connectivity index (χ1n) is 25.1. The lowest BCUT2D eigenvalue weighted by Crippen LogP contribution is -2.38. The second-order valence-electron chi connectivity index (χ2n) is 19.2. The molecule has 1 aliphatic heterocycles. The van der Waals surface area contributed by atoms with E-state index in [0.717, 1.165) is 19.6 Å². The first-order valence-corrected chi connectivity index (χ1v) is 25.5. The molecule has 4 aromatic carbocycles. The van der Waals surface area contributed by atoms with Gasteiger partial charge in [-0.15, -0.1) is 0 Å². The number of hydrogen-bond donors (Lipinski definition) is 0. The molecule has 3 aliphatic rings. The number of carbonyl (C=O) groups is 4. The molecule has 0 unspecified atom stereocenters. The molecule has 0 N–H and O–H groups in total. The Bertz CT molecular complexity index is 3560. The van der Waals surface area contributed by atoms with Crippen LogP contribution in [0.1, 0.15) is 47.9 Å². The van der Waals surface area contributed by atoms with Gasteiger partial charge in [0.25, 0.3) is 0 Å². The molecule has 398 valence electrons. The van der Waals surface area contributed by atoms with Crippen molar-refractivity contribution in [2.75, 3.05) is 39.5 Å². The van der Waals surface area contributed by atoms with Gasteiger partial charge in [0.1, 0.15) is 23.4 Å². The van der Waals surface area contributed by atoms with E-state index in [1.807, 2.05) is 0 Å². The van der Waals surface area contributed by atoms with Crippen molar-refractivity contribution < 1.29 is 55.7 Å². The molecule has 0 amide bonds. The first kappa shape index (κ1) is 53.3. The van der Waals surface area contributed by atoms with Gasteiger partial charge in [-0.1, -0.05) is 48.0 Å². The maximum absolute atomic E-state index is 15.1. The van der Waals surface area contributed by atoms with E-state index in [1.54, 1.807) is 30.3 Å². The van der Waals surface area contributed by atoms with Crippen LogP contribution in [0.5, 0.6) is 28.9 Å². The van der Waals surface area contributed by atoms with Crippen LogP contribution in [0, 0.1) is 34.1 Å². The summed E-state index contributed by atoms with van der Waals surface area (Å²) in [6, 6.07) is 22.9. The van der Waals surface area contributed by atoms with E-state index in [9.17, 15) is 32.3 Å². The number of fused-ring (bicyclic) bond motifs is 2. The molecule has 11 rings (SSSR count). The quantitative estimate of drug-likeness (QED) is 0.0518. The number of halogens is 5. The molecule has 78 heavy (non-hydrogen) atoms. The zero-order valence-corrected chi connectivity index (χ0v) is 42.5. The molecule has 2 saturated carbocycles. The van der Waals surface area contributed by atoms with Crippen LogP contribution >= 0.6 is 11.6 Å². The lowest BCUT2D eigenvalue weighted by Gasteiger charge is -2.26. The first-order chi connectivity index (χ1) is 37.7. The second-order valence-corrected chi connectivity index (χ2v) is 19.6. The molecule has 20 heteroatoms. The largest absolute Gasteiger partial charge is 0.475 e. The lowest BCUT2D eigenvalue weighted by molar-refractivity contribution is -0.135. The van der Waals surface area contributed by atoms with Crippen LogP contribution in [0.4, 0.5) is 17.6 Å². The minimum absolute atomic E-state index is 0.0511.